The average Bonchev–Trinajstić information content (AvgIpc) is 2.38. The summed E-state index contributed by atoms with van der Waals surface area (Å²) in [6.45, 7) is 3.46. The maximum Gasteiger partial charge on any atom is 0.339 e. The number of esters is 4. The summed E-state index contributed by atoms with van der Waals surface area (Å²) in [5.41, 5.74) is 0. The van der Waals surface area contributed by atoms with Crippen molar-refractivity contribution >= 4 is 23.9 Å². The molecule has 1 rings (SSSR count). The Morgan fingerprint density at radius 2 is 1.45 bits per heavy atom. The van der Waals surface area contributed by atoms with E-state index >= 15 is 0 Å². The summed E-state index contributed by atoms with van der Waals surface area (Å²) in [6, 6.07) is 0. The second kappa shape index (κ2) is 7.74. The first-order valence-electron chi connectivity index (χ1n) is 6.49. The molecule has 1 heterocycles. The number of ether oxygens (including phenoxy) is 5. The Hall–Kier alpha value is -2.16. The van der Waals surface area contributed by atoms with Gasteiger partial charge in [0.1, 0.15) is 6.10 Å². The van der Waals surface area contributed by atoms with Crippen LogP contribution in [-0.4, -0.2) is 55.6 Å². The van der Waals surface area contributed by atoms with E-state index in [9.17, 15) is 19.2 Å². The Bertz CT molecular complexity index is 458. The number of carbonyl (C=O) groups excluding carboxylic acids is 4. The normalized spacial score (nSPS) is 27.5. The summed E-state index contributed by atoms with van der Waals surface area (Å²) >= 11 is 0. The van der Waals surface area contributed by atoms with E-state index in [4.69, 9.17) is 18.9 Å². The van der Waals surface area contributed by atoms with Crippen molar-refractivity contribution in [2.75, 3.05) is 7.11 Å². The topological polar surface area (TPSA) is 114 Å². The molecule has 9 heteroatoms. The van der Waals surface area contributed by atoms with Gasteiger partial charge in [-0.25, -0.2) is 4.79 Å². The van der Waals surface area contributed by atoms with E-state index in [2.05, 4.69) is 4.74 Å². The van der Waals surface area contributed by atoms with Crippen molar-refractivity contribution in [3.05, 3.63) is 0 Å². The highest BCUT2D eigenvalue weighted by atomic mass is 16.7. The minimum absolute atomic E-state index is 0.0788. The second-order valence-electron chi connectivity index (χ2n) is 4.58. The van der Waals surface area contributed by atoms with Crippen LogP contribution in [0, 0.1) is 0 Å². The summed E-state index contributed by atoms with van der Waals surface area (Å²) in [5.74, 6) is -2.82. The van der Waals surface area contributed by atoms with Crippen molar-refractivity contribution < 1.29 is 42.9 Å². The molecule has 4 atom stereocenters. The standard InChI is InChI=1S/C13H18O9/c1-6(14)19-9-5-10(20-7(2)15)22-12(13(17)18-4)11(9)21-8(3)16/h9-12H,5H2,1-4H3/t9-,10-,11-,12-/m0/s1. The summed E-state index contributed by atoms with van der Waals surface area (Å²) in [5, 5.41) is 0. The van der Waals surface area contributed by atoms with Gasteiger partial charge < -0.3 is 23.7 Å². The van der Waals surface area contributed by atoms with E-state index in [1.165, 1.54) is 0 Å². The molecular formula is C13H18O9. The zero-order valence-corrected chi connectivity index (χ0v) is 12.7. The first-order chi connectivity index (χ1) is 10.2. The van der Waals surface area contributed by atoms with E-state index in [0.717, 1.165) is 27.9 Å². The van der Waals surface area contributed by atoms with Crippen LogP contribution < -0.4 is 0 Å². The monoisotopic (exact) mass is 318 g/mol. The lowest BCUT2D eigenvalue weighted by atomic mass is 10.0. The first kappa shape index (κ1) is 17.9. The molecule has 0 saturated carbocycles. The number of hydrogen-bond acceptors (Lipinski definition) is 9. The fraction of sp³-hybridized carbons (Fsp3) is 0.692. The smallest absolute Gasteiger partial charge is 0.339 e. The molecule has 0 spiro atoms. The van der Waals surface area contributed by atoms with Crippen molar-refractivity contribution in [2.24, 2.45) is 0 Å². The SMILES string of the molecule is COC(=O)[C@H]1O[C@H](OC(C)=O)C[C@H](OC(C)=O)[C@@H]1OC(C)=O. The molecule has 1 aliphatic rings. The zero-order chi connectivity index (χ0) is 16.9. The molecule has 9 nitrogen and oxygen atoms in total. The van der Waals surface area contributed by atoms with Crippen LogP contribution in [0.4, 0.5) is 0 Å². The predicted molar refractivity (Wildman–Crippen MR) is 68.2 cm³/mol. The molecule has 0 N–H and O–H groups in total. The van der Waals surface area contributed by atoms with Gasteiger partial charge >= 0.3 is 23.9 Å². The van der Waals surface area contributed by atoms with Crippen LogP contribution >= 0.6 is 0 Å². The molecule has 0 aromatic heterocycles. The highest BCUT2D eigenvalue weighted by Gasteiger charge is 2.48. The molecule has 22 heavy (non-hydrogen) atoms. The second-order valence-corrected chi connectivity index (χ2v) is 4.58. The fourth-order valence-electron chi connectivity index (χ4n) is 2.04. The van der Waals surface area contributed by atoms with Crippen molar-refractivity contribution in [2.45, 2.75) is 51.8 Å². The Balaban J connectivity index is 3.03. The lowest BCUT2D eigenvalue weighted by Crippen LogP contribution is -2.55. The third-order valence-corrected chi connectivity index (χ3v) is 2.74. The Labute approximate surface area is 126 Å². The number of rotatable bonds is 4. The zero-order valence-electron chi connectivity index (χ0n) is 12.7. The fourth-order valence-corrected chi connectivity index (χ4v) is 2.04. The minimum Gasteiger partial charge on any atom is -0.467 e. The van der Waals surface area contributed by atoms with Crippen LogP contribution in [0.25, 0.3) is 0 Å². The van der Waals surface area contributed by atoms with E-state index in [1.807, 2.05) is 0 Å². The van der Waals surface area contributed by atoms with Crippen LogP contribution in [0.1, 0.15) is 27.2 Å². The van der Waals surface area contributed by atoms with Crippen molar-refractivity contribution in [1.82, 2.24) is 0 Å². The van der Waals surface area contributed by atoms with Gasteiger partial charge in [0.15, 0.2) is 12.2 Å². The first-order valence-corrected chi connectivity index (χ1v) is 6.49. The molecule has 0 radical (unpaired) electrons. The quantitative estimate of drug-likeness (QED) is 0.509. The molecular weight excluding hydrogens is 300 g/mol. The van der Waals surface area contributed by atoms with Crippen LogP contribution in [0.5, 0.6) is 0 Å². The van der Waals surface area contributed by atoms with Crippen LogP contribution in [0.3, 0.4) is 0 Å². The Morgan fingerprint density at radius 1 is 0.909 bits per heavy atom. The van der Waals surface area contributed by atoms with Gasteiger partial charge in [-0.2, -0.15) is 0 Å². The number of methoxy groups -OCH3 is 1. The highest BCUT2D eigenvalue weighted by molar-refractivity contribution is 5.77. The van der Waals surface area contributed by atoms with Crippen LogP contribution in [-0.2, 0) is 42.9 Å². The molecule has 0 aromatic rings. The largest absolute Gasteiger partial charge is 0.467 e. The van der Waals surface area contributed by atoms with Gasteiger partial charge in [0, 0.05) is 20.8 Å². The number of hydrogen-bond donors (Lipinski definition) is 0. The highest BCUT2D eigenvalue weighted by Crippen LogP contribution is 2.27. The molecule has 124 valence electrons. The minimum atomic E-state index is -1.38. The van der Waals surface area contributed by atoms with Gasteiger partial charge in [0.25, 0.3) is 0 Å². The molecule has 0 aliphatic carbocycles. The lowest BCUT2D eigenvalue weighted by Gasteiger charge is -2.38. The van der Waals surface area contributed by atoms with Crippen LogP contribution in [0.2, 0.25) is 0 Å². The molecule has 0 aromatic carbocycles. The Kier molecular flexibility index (Phi) is 6.29. The van der Waals surface area contributed by atoms with Gasteiger partial charge in [-0.15, -0.1) is 0 Å². The van der Waals surface area contributed by atoms with Gasteiger partial charge in [0.05, 0.1) is 13.5 Å². The van der Waals surface area contributed by atoms with E-state index in [-0.39, 0.29) is 6.42 Å². The average molecular weight is 318 g/mol. The van der Waals surface area contributed by atoms with E-state index in [0.29, 0.717) is 0 Å². The maximum atomic E-state index is 11.8. The third-order valence-electron chi connectivity index (χ3n) is 2.74. The maximum absolute atomic E-state index is 11.8. The molecule has 0 bridgehead atoms. The van der Waals surface area contributed by atoms with Gasteiger partial charge in [0.2, 0.25) is 6.29 Å². The summed E-state index contributed by atoms with van der Waals surface area (Å²) in [4.78, 5) is 45.2. The van der Waals surface area contributed by atoms with E-state index in [1.54, 1.807) is 0 Å². The van der Waals surface area contributed by atoms with Gasteiger partial charge in [-0.1, -0.05) is 0 Å². The summed E-state index contributed by atoms with van der Waals surface area (Å²) in [6.07, 6.45) is -4.79. The molecule has 0 amide bonds. The molecule has 1 aliphatic heterocycles. The van der Waals surface area contributed by atoms with E-state index < -0.39 is 48.5 Å². The van der Waals surface area contributed by atoms with Crippen molar-refractivity contribution in [3.8, 4) is 0 Å². The van der Waals surface area contributed by atoms with Crippen LogP contribution in [0.15, 0.2) is 0 Å². The summed E-state index contributed by atoms with van der Waals surface area (Å²) in [7, 11) is 1.12. The molecule has 1 saturated heterocycles. The van der Waals surface area contributed by atoms with Crippen molar-refractivity contribution in [3.63, 3.8) is 0 Å². The lowest BCUT2D eigenvalue weighted by molar-refractivity contribution is -0.255. The molecule has 1 fully saturated rings. The van der Waals surface area contributed by atoms with Gasteiger partial charge in [-0.3, -0.25) is 14.4 Å². The number of carbonyl (C=O) groups is 4. The summed E-state index contributed by atoms with van der Waals surface area (Å²) < 4.78 is 24.8. The Morgan fingerprint density at radius 3 is 1.91 bits per heavy atom. The van der Waals surface area contributed by atoms with Gasteiger partial charge in [-0.05, 0) is 0 Å². The third kappa shape index (κ3) is 4.99. The predicted octanol–water partition coefficient (Wildman–Crippen LogP) is -0.299. The molecule has 0 unspecified atom stereocenters. The van der Waals surface area contributed by atoms with Crippen molar-refractivity contribution in [1.29, 1.82) is 0 Å².